The van der Waals surface area contributed by atoms with Gasteiger partial charge in [-0.2, -0.15) is 0 Å². The van der Waals surface area contributed by atoms with E-state index >= 15 is 0 Å². The average molecular weight is 423 g/mol. The van der Waals surface area contributed by atoms with E-state index in [1.807, 2.05) is 6.07 Å². The van der Waals surface area contributed by atoms with E-state index in [4.69, 9.17) is 4.74 Å². The topological polar surface area (TPSA) is 41.6 Å². The molecule has 2 aromatic carbocycles. The normalized spacial score (nSPS) is 28.6. The highest BCUT2D eigenvalue weighted by molar-refractivity contribution is 5.70. The molecule has 3 saturated heterocycles. The smallest absolute Gasteiger partial charge is 0.407 e. The fourth-order valence-electron chi connectivity index (χ4n) is 5.57. The Bertz CT molecular complexity index is 981. The van der Waals surface area contributed by atoms with E-state index < -0.39 is 0 Å². The van der Waals surface area contributed by atoms with Gasteiger partial charge in [0.15, 0.2) is 0 Å². The number of rotatable bonds is 3. The van der Waals surface area contributed by atoms with Crippen molar-refractivity contribution in [2.24, 2.45) is 11.3 Å². The summed E-state index contributed by atoms with van der Waals surface area (Å²) in [6, 6.07) is 12.8. The minimum absolute atomic E-state index is 0.00713. The first-order chi connectivity index (χ1) is 14.9. The summed E-state index contributed by atoms with van der Waals surface area (Å²) in [5.41, 5.74) is 4.08. The number of fused-ring (bicyclic) bond motifs is 4. The van der Waals surface area contributed by atoms with Gasteiger partial charge in [0.2, 0.25) is 0 Å². The maximum atomic E-state index is 13.8. The highest BCUT2D eigenvalue weighted by Gasteiger charge is 2.40. The molecule has 1 N–H and O–H groups in total. The van der Waals surface area contributed by atoms with Crippen LogP contribution in [0.3, 0.4) is 0 Å². The predicted molar refractivity (Wildman–Crippen MR) is 119 cm³/mol. The molecular weight excluding hydrogens is 391 g/mol. The summed E-state index contributed by atoms with van der Waals surface area (Å²) in [4.78, 5) is 15.3. The molecule has 0 radical (unpaired) electrons. The number of benzene rings is 2. The van der Waals surface area contributed by atoms with Gasteiger partial charge in [0.05, 0.1) is 6.04 Å². The number of carbonyl (C=O) groups excluding carboxylic acids is 1. The summed E-state index contributed by atoms with van der Waals surface area (Å²) in [5.74, 6) is 0.244. The third kappa shape index (κ3) is 4.08. The van der Waals surface area contributed by atoms with Crippen molar-refractivity contribution in [3.63, 3.8) is 0 Å². The minimum atomic E-state index is -0.319. The van der Waals surface area contributed by atoms with E-state index in [9.17, 15) is 9.18 Å². The molecule has 4 aliphatic rings. The van der Waals surface area contributed by atoms with Gasteiger partial charge in [-0.1, -0.05) is 38.1 Å². The number of alkyl carbamates (subject to hydrolysis) is 1. The standard InChI is InChI=1S/C26H31FN2O2/c1-26(2)11-8-17-6-7-20(19-4-3-5-21(27)14-19)15-22(17)24(26)28-25(30)31-23-16-29-12-9-18(23)10-13-29/h3-7,14-15,18,23-24H,8-13,16H2,1-2H3,(H,28,30)/t23-,24?/m0/s1. The molecule has 0 saturated carbocycles. The maximum absolute atomic E-state index is 13.8. The van der Waals surface area contributed by atoms with Crippen LogP contribution >= 0.6 is 0 Å². The summed E-state index contributed by atoms with van der Waals surface area (Å²) in [6.07, 6.45) is 3.87. The lowest BCUT2D eigenvalue weighted by Crippen LogP contribution is -2.53. The van der Waals surface area contributed by atoms with Crippen LogP contribution in [0.5, 0.6) is 0 Å². The van der Waals surface area contributed by atoms with Crippen molar-refractivity contribution in [1.29, 1.82) is 0 Å². The van der Waals surface area contributed by atoms with Crippen LogP contribution in [0.15, 0.2) is 42.5 Å². The van der Waals surface area contributed by atoms with Crippen molar-refractivity contribution in [3.05, 3.63) is 59.4 Å². The first-order valence-corrected chi connectivity index (χ1v) is 11.5. The molecule has 2 aromatic rings. The molecule has 0 aromatic heterocycles. The maximum Gasteiger partial charge on any atom is 0.407 e. The van der Waals surface area contributed by atoms with Crippen LogP contribution in [0.1, 0.15) is 50.3 Å². The Morgan fingerprint density at radius 2 is 1.90 bits per heavy atom. The summed E-state index contributed by atoms with van der Waals surface area (Å²) in [6.45, 7) is 7.50. The third-order valence-corrected chi connectivity index (χ3v) is 7.55. The quantitative estimate of drug-likeness (QED) is 0.727. The van der Waals surface area contributed by atoms with Crippen LogP contribution in [0, 0.1) is 17.2 Å². The average Bonchev–Trinajstić information content (AvgIpc) is 2.76. The van der Waals surface area contributed by atoms with Gasteiger partial charge < -0.3 is 10.1 Å². The fourth-order valence-corrected chi connectivity index (χ4v) is 5.57. The third-order valence-electron chi connectivity index (χ3n) is 7.55. The lowest BCUT2D eigenvalue weighted by molar-refractivity contribution is -0.0353. The molecule has 1 aliphatic carbocycles. The van der Waals surface area contributed by atoms with Gasteiger partial charge in [-0.05, 0) is 90.6 Å². The van der Waals surface area contributed by atoms with E-state index in [1.54, 1.807) is 12.1 Å². The van der Waals surface area contributed by atoms with Gasteiger partial charge in [0, 0.05) is 6.54 Å². The van der Waals surface area contributed by atoms with Crippen LogP contribution in [0.25, 0.3) is 11.1 Å². The van der Waals surface area contributed by atoms with Crippen LogP contribution < -0.4 is 5.32 Å². The van der Waals surface area contributed by atoms with Crippen molar-refractivity contribution in [2.45, 2.75) is 51.7 Å². The Kier molecular flexibility index (Phi) is 5.25. The zero-order valence-corrected chi connectivity index (χ0v) is 18.4. The second kappa shape index (κ2) is 7.94. The van der Waals surface area contributed by atoms with Crippen LogP contribution in [-0.4, -0.2) is 36.7 Å². The summed E-state index contributed by atoms with van der Waals surface area (Å²) in [5, 5.41) is 3.21. The van der Waals surface area contributed by atoms with Gasteiger partial charge >= 0.3 is 6.09 Å². The first kappa shape index (κ1) is 20.5. The molecule has 4 nitrogen and oxygen atoms in total. The predicted octanol–water partition coefficient (Wildman–Crippen LogP) is 5.33. The summed E-state index contributed by atoms with van der Waals surface area (Å²) < 4.78 is 19.7. The van der Waals surface area contributed by atoms with Gasteiger partial charge in [0.1, 0.15) is 11.9 Å². The van der Waals surface area contributed by atoms with E-state index in [0.717, 1.165) is 62.0 Å². The van der Waals surface area contributed by atoms with Gasteiger partial charge in [-0.3, -0.25) is 4.90 Å². The molecule has 2 bridgehead atoms. The molecule has 2 atom stereocenters. The number of ether oxygens (including phenoxy) is 1. The van der Waals surface area contributed by atoms with Gasteiger partial charge in [-0.15, -0.1) is 0 Å². The highest BCUT2D eigenvalue weighted by atomic mass is 19.1. The molecule has 1 unspecified atom stereocenters. The Balaban J connectivity index is 1.39. The van der Waals surface area contributed by atoms with Crippen molar-refractivity contribution in [2.75, 3.05) is 19.6 Å². The molecule has 3 fully saturated rings. The SMILES string of the molecule is CC1(C)CCc2ccc(-c3cccc(F)c3)cc2C1NC(=O)O[C@H]1CN2CCC1CC2. The summed E-state index contributed by atoms with van der Waals surface area (Å²) in [7, 11) is 0. The second-order valence-electron chi connectivity index (χ2n) is 10.1. The Hall–Kier alpha value is -2.40. The fraction of sp³-hybridized carbons (Fsp3) is 0.500. The van der Waals surface area contributed by atoms with E-state index in [-0.39, 0.29) is 29.5 Å². The van der Waals surface area contributed by atoms with Crippen molar-refractivity contribution in [1.82, 2.24) is 10.2 Å². The number of nitrogens with one attached hydrogen (secondary N) is 1. The van der Waals surface area contributed by atoms with Crippen molar-refractivity contribution in [3.8, 4) is 11.1 Å². The zero-order valence-electron chi connectivity index (χ0n) is 18.4. The monoisotopic (exact) mass is 422 g/mol. The first-order valence-electron chi connectivity index (χ1n) is 11.5. The number of hydrogen-bond donors (Lipinski definition) is 1. The number of amides is 1. The lowest BCUT2D eigenvalue weighted by atomic mass is 9.70. The molecule has 6 rings (SSSR count). The van der Waals surface area contributed by atoms with Crippen molar-refractivity contribution >= 4 is 6.09 Å². The molecule has 1 amide bonds. The molecule has 5 heteroatoms. The molecule has 164 valence electrons. The Labute approximate surface area is 183 Å². The van der Waals surface area contributed by atoms with Gasteiger partial charge in [0.25, 0.3) is 0 Å². The minimum Gasteiger partial charge on any atom is -0.445 e. The summed E-state index contributed by atoms with van der Waals surface area (Å²) >= 11 is 0. The van der Waals surface area contributed by atoms with E-state index in [1.165, 1.54) is 11.6 Å². The van der Waals surface area contributed by atoms with E-state index in [2.05, 4.69) is 42.3 Å². The zero-order chi connectivity index (χ0) is 21.6. The number of hydrogen-bond acceptors (Lipinski definition) is 3. The number of carbonyl (C=O) groups is 1. The van der Waals surface area contributed by atoms with Crippen LogP contribution in [0.2, 0.25) is 0 Å². The Morgan fingerprint density at radius 3 is 2.61 bits per heavy atom. The van der Waals surface area contributed by atoms with Crippen molar-refractivity contribution < 1.29 is 13.9 Å². The number of piperidine rings is 3. The molecule has 0 spiro atoms. The van der Waals surface area contributed by atoms with Gasteiger partial charge in [-0.25, -0.2) is 9.18 Å². The number of nitrogens with zero attached hydrogens (tertiary/aromatic N) is 1. The molecule has 3 aliphatic heterocycles. The van der Waals surface area contributed by atoms with E-state index in [0.29, 0.717) is 5.92 Å². The highest BCUT2D eigenvalue weighted by Crippen LogP contribution is 2.44. The number of aryl methyl sites for hydroxylation is 1. The number of halogens is 1. The molecule has 31 heavy (non-hydrogen) atoms. The van der Waals surface area contributed by atoms with Crippen LogP contribution in [0.4, 0.5) is 9.18 Å². The molecular formula is C26H31FN2O2. The largest absolute Gasteiger partial charge is 0.445 e. The molecule has 3 heterocycles. The lowest BCUT2D eigenvalue weighted by Gasteiger charge is -2.44. The van der Waals surface area contributed by atoms with Crippen LogP contribution in [-0.2, 0) is 11.2 Å². The Morgan fingerprint density at radius 1 is 1.13 bits per heavy atom. The second-order valence-corrected chi connectivity index (χ2v) is 10.1.